The van der Waals surface area contributed by atoms with Crippen LogP contribution in [0.4, 0.5) is 0 Å². The van der Waals surface area contributed by atoms with E-state index in [4.69, 9.17) is 15.0 Å². The Kier molecular flexibility index (Phi) is 8.02. The third-order valence-corrected chi connectivity index (χ3v) is 13.0. The summed E-state index contributed by atoms with van der Waals surface area (Å²) < 4.78 is 2.56. The maximum absolute atomic E-state index is 5.31. The van der Waals surface area contributed by atoms with Crippen LogP contribution in [0.25, 0.3) is 98.8 Å². The van der Waals surface area contributed by atoms with Crippen LogP contribution >= 0.6 is 11.3 Å². The number of thiophene rings is 1. The van der Waals surface area contributed by atoms with Crippen LogP contribution in [-0.2, 0) is 5.41 Å². The van der Waals surface area contributed by atoms with E-state index in [1.165, 1.54) is 59.1 Å². The molecule has 11 rings (SSSR count). The van der Waals surface area contributed by atoms with E-state index in [1.54, 1.807) is 0 Å². The van der Waals surface area contributed by atoms with Crippen LogP contribution in [0.15, 0.2) is 188 Å². The molecule has 3 nitrogen and oxygen atoms in total. The molecule has 10 aromatic rings. The molecule has 0 amide bonds. The van der Waals surface area contributed by atoms with Crippen molar-refractivity contribution in [2.75, 3.05) is 0 Å². The van der Waals surface area contributed by atoms with Gasteiger partial charge in [-0.15, -0.1) is 11.3 Å². The van der Waals surface area contributed by atoms with Gasteiger partial charge in [0.1, 0.15) is 0 Å². The van der Waals surface area contributed by atoms with Gasteiger partial charge in [0.15, 0.2) is 17.5 Å². The van der Waals surface area contributed by atoms with Gasteiger partial charge in [-0.25, -0.2) is 15.0 Å². The predicted octanol–water partition coefficient (Wildman–Crippen LogP) is 14.5. The van der Waals surface area contributed by atoms with Crippen molar-refractivity contribution in [3.63, 3.8) is 0 Å². The molecule has 1 aliphatic rings. The summed E-state index contributed by atoms with van der Waals surface area (Å²) in [4.78, 5) is 15.7. The van der Waals surface area contributed by atoms with Crippen molar-refractivity contribution in [3.8, 4) is 78.7 Å². The first-order valence-corrected chi connectivity index (χ1v) is 20.6. The predicted molar refractivity (Wildman–Crippen MR) is 243 cm³/mol. The second kappa shape index (κ2) is 13.6. The molecular weight excluding hydrogens is 723 g/mol. The average molecular weight is 760 g/mol. The number of hydrogen-bond donors (Lipinski definition) is 0. The first-order valence-electron chi connectivity index (χ1n) is 19.8. The fraction of sp³-hybridized carbons (Fsp3) is 0.0556. The summed E-state index contributed by atoms with van der Waals surface area (Å²) in [5.74, 6) is 1.95. The van der Waals surface area contributed by atoms with Crippen molar-refractivity contribution in [2.45, 2.75) is 19.3 Å². The standard InChI is InChI=1S/C54H37N3S/c1-54(2)47-27-13-12-22-43(47)44-29-28-37(33-48(44)54)52-55-51(36-20-10-5-11-21-36)56-53(57-52)40-31-38(34-16-6-3-7-17-34)30-39(32-40)42-24-15-26-46-45-25-14-23-41(49(45)58-50(42)46)35-18-8-4-9-19-35/h3-33H,1-2H3. The smallest absolute Gasteiger partial charge is 0.164 e. The maximum Gasteiger partial charge on any atom is 0.164 e. The second-order valence-corrected chi connectivity index (χ2v) is 16.6. The van der Waals surface area contributed by atoms with Crippen LogP contribution in [0.5, 0.6) is 0 Å². The fourth-order valence-corrected chi connectivity index (χ4v) is 10.2. The summed E-state index contributed by atoms with van der Waals surface area (Å²) in [6.07, 6.45) is 0. The maximum atomic E-state index is 5.31. The van der Waals surface area contributed by atoms with Gasteiger partial charge in [-0.05, 0) is 79.9 Å². The van der Waals surface area contributed by atoms with E-state index in [-0.39, 0.29) is 5.41 Å². The molecule has 0 N–H and O–H groups in total. The highest BCUT2D eigenvalue weighted by Crippen LogP contribution is 2.50. The molecule has 0 radical (unpaired) electrons. The van der Waals surface area contributed by atoms with Crippen LogP contribution in [0.2, 0.25) is 0 Å². The zero-order chi connectivity index (χ0) is 38.8. The minimum absolute atomic E-state index is 0.144. The lowest BCUT2D eigenvalue weighted by Gasteiger charge is -2.21. The molecule has 0 atom stereocenters. The number of aromatic nitrogens is 3. The van der Waals surface area contributed by atoms with E-state index in [1.807, 2.05) is 29.5 Å². The Labute approximate surface area is 342 Å². The number of hydrogen-bond acceptors (Lipinski definition) is 4. The summed E-state index contributed by atoms with van der Waals surface area (Å²) in [5, 5.41) is 2.54. The van der Waals surface area contributed by atoms with Crippen molar-refractivity contribution in [1.82, 2.24) is 15.0 Å². The van der Waals surface area contributed by atoms with Crippen LogP contribution in [0, 0.1) is 0 Å². The molecule has 8 aromatic carbocycles. The van der Waals surface area contributed by atoms with E-state index in [0.717, 1.165) is 33.4 Å². The minimum Gasteiger partial charge on any atom is -0.208 e. The van der Waals surface area contributed by atoms with Crippen molar-refractivity contribution in [2.24, 2.45) is 0 Å². The third kappa shape index (κ3) is 5.68. The third-order valence-electron chi connectivity index (χ3n) is 11.7. The van der Waals surface area contributed by atoms with E-state index in [9.17, 15) is 0 Å². The number of fused-ring (bicyclic) bond motifs is 6. The van der Waals surface area contributed by atoms with Gasteiger partial charge in [0.25, 0.3) is 0 Å². The highest BCUT2D eigenvalue weighted by molar-refractivity contribution is 7.26. The van der Waals surface area contributed by atoms with Crippen molar-refractivity contribution < 1.29 is 0 Å². The normalized spacial score (nSPS) is 12.8. The zero-order valence-corrected chi connectivity index (χ0v) is 33.0. The lowest BCUT2D eigenvalue weighted by atomic mass is 9.82. The van der Waals surface area contributed by atoms with Gasteiger partial charge in [-0.3, -0.25) is 0 Å². The molecule has 0 fully saturated rings. The van der Waals surface area contributed by atoms with Crippen LogP contribution in [0.3, 0.4) is 0 Å². The highest BCUT2D eigenvalue weighted by Gasteiger charge is 2.35. The molecule has 0 saturated carbocycles. The van der Waals surface area contributed by atoms with Gasteiger partial charge >= 0.3 is 0 Å². The SMILES string of the molecule is CC1(C)c2ccccc2-c2ccc(-c3nc(-c4ccccc4)nc(-c4cc(-c5ccccc5)cc(-c5cccc6c5sc5c(-c7ccccc7)cccc56)c4)n3)cc21. The fourth-order valence-electron chi connectivity index (χ4n) is 8.80. The molecule has 0 unspecified atom stereocenters. The molecule has 0 spiro atoms. The number of rotatable bonds is 6. The lowest BCUT2D eigenvalue weighted by Crippen LogP contribution is -2.15. The Morgan fingerprint density at radius 1 is 0.328 bits per heavy atom. The Hall–Kier alpha value is -7.01. The van der Waals surface area contributed by atoms with E-state index >= 15 is 0 Å². The molecule has 0 aliphatic heterocycles. The summed E-state index contributed by atoms with van der Waals surface area (Å²) in [5.41, 5.74) is 15.0. The number of nitrogens with zero attached hydrogens (tertiary/aromatic N) is 3. The van der Waals surface area contributed by atoms with Crippen molar-refractivity contribution in [3.05, 3.63) is 199 Å². The van der Waals surface area contributed by atoms with Crippen LogP contribution in [-0.4, -0.2) is 15.0 Å². The monoisotopic (exact) mass is 759 g/mol. The first-order chi connectivity index (χ1) is 28.5. The van der Waals surface area contributed by atoms with Crippen LogP contribution < -0.4 is 0 Å². The van der Waals surface area contributed by atoms with E-state index in [0.29, 0.717) is 17.5 Å². The van der Waals surface area contributed by atoms with Crippen LogP contribution in [0.1, 0.15) is 25.0 Å². The van der Waals surface area contributed by atoms with Gasteiger partial charge < -0.3 is 0 Å². The van der Waals surface area contributed by atoms with Crippen molar-refractivity contribution in [1.29, 1.82) is 0 Å². The highest BCUT2D eigenvalue weighted by atomic mass is 32.1. The molecule has 4 heteroatoms. The van der Waals surface area contributed by atoms with E-state index in [2.05, 4.69) is 184 Å². The Balaban J connectivity index is 1.12. The molecule has 274 valence electrons. The summed E-state index contributed by atoms with van der Waals surface area (Å²) >= 11 is 1.87. The summed E-state index contributed by atoms with van der Waals surface area (Å²) in [7, 11) is 0. The quantitative estimate of drug-likeness (QED) is 0.169. The molecule has 0 bridgehead atoms. The molecule has 0 saturated heterocycles. The zero-order valence-electron chi connectivity index (χ0n) is 32.1. The second-order valence-electron chi connectivity index (χ2n) is 15.6. The Bertz CT molecular complexity index is 3180. The lowest BCUT2D eigenvalue weighted by molar-refractivity contribution is 0.660. The average Bonchev–Trinajstić information content (AvgIpc) is 3.79. The number of benzene rings is 8. The topological polar surface area (TPSA) is 38.7 Å². The molecule has 2 aromatic heterocycles. The van der Waals surface area contributed by atoms with Gasteiger partial charge in [0.2, 0.25) is 0 Å². The Morgan fingerprint density at radius 2 is 0.810 bits per heavy atom. The van der Waals surface area contributed by atoms with Gasteiger partial charge in [0, 0.05) is 42.3 Å². The summed E-state index contributed by atoms with van der Waals surface area (Å²) in [6, 6.07) is 67.2. The van der Waals surface area contributed by atoms with Gasteiger partial charge in [0.05, 0.1) is 0 Å². The van der Waals surface area contributed by atoms with E-state index < -0.39 is 0 Å². The van der Waals surface area contributed by atoms with Gasteiger partial charge in [-0.1, -0.05) is 178 Å². The van der Waals surface area contributed by atoms with Gasteiger partial charge in [-0.2, -0.15) is 0 Å². The largest absolute Gasteiger partial charge is 0.208 e. The molecule has 1 aliphatic carbocycles. The Morgan fingerprint density at radius 3 is 1.48 bits per heavy atom. The summed E-state index contributed by atoms with van der Waals surface area (Å²) in [6.45, 7) is 4.62. The first kappa shape index (κ1) is 34.3. The molecule has 58 heavy (non-hydrogen) atoms. The van der Waals surface area contributed by atoms with Crippen molar-refractivity contribution >= 4 is 31.5 Å². The minimum atomic E-state index is -0.144. The molecular formula is C54H37N3S. The molecule has 2 heterocycles.